The highest BCUT2D eigenvalue weighted by atomic mass is 16.5. The predicted molar refractivity (Wildman–Crippen MR) is 98.2 cm³/mol. The molecule has 0 aromatic heterocycles. The van der Waals surface area contributed by atoms with Gasteiger partial charge in [-0.3, -0.25) is 4.79 Å². The van der Waals surface area contributed by atoms with Gasteiger partial charge in [-0.05, 0) is 61.7 Å². The van der Waals surface area contributed by atoms with Crippen LogP contribution in [0, 0.1) is 0 Å². The molecule has 5 heteroatoms. The van der Waals surface area contributed by atoms with E-state index in [1.165, 1.54) is 26.4 Å². The number of esters is 1. The molecule has 0 spiro atoms. The number of carbonyl (C=O) groups is 2. The molecule has 0 aliphatic carbocycles. The number of piperidine rings is 1. The molecule has 5 nitrogen and oxygen atoms in total. The maximum absolute atomic E-state index is 12.4. The van der Waals surface area contributed by atoms with Crippen molar-refractivity contribution in [2.45, 2.75) is 19.3 Å². The third kappa shape index (κ3) is 4.18. The Morgan fingerprint density at radius 1 is 0.960 bits per heavy atom. The Balaban J connectivity index is 1.68. The molecule has 130 valence electrons. The Morgan fingerprint density at radius 3 is 2.36 bits per heavy atom. The summed E-state index contributed by atoms with van der Waals surface area (Å²) in [5, 5.41) is 2.82. The van der Waals surface area contributed by atoms with Crippen LogP contribution >= 0.6 is 0 Å². The summed E-state index contributed by atoms with van der Waals surface area (Å²) in [5.41, 5.74) is 2.71. The van der Waals surface area contributed by atoms with Gasteiger partial charge in [0.15, 0.2) is 0 Å². The molecule has 1 amide bonds. The van der Waals surface area contributed by atoms with Crippen LogP contribution in [-0.2, 0) is 4.74 Å². The summed E-state index contributed by atoms with van der Waals surface area (Å²) in [6.07, 6.45) is 3.74. The van der Waals surface area contributed by atoms with Crippen LogP contribution in [0.25, 0.3) is 0 Å². The molecule has 1 heterocycles. The topological polar surface area (TPSA) is 58.6 Å². The molecule has 25 heavy (non-hydrogen) atoms. The Labute approximate surface area is 147 Å². The third-order valence-electron chi connectivity index (χ3n) is 4.39. The molecule has 0 saturated carbocycles. The van der Waals surface area contributed by atoms with Crippen molar-refractivity contribution in [2.24, 2.45) is 0 Å². The highest BCUT2D eigenvalue weighted by molar-refractivity contribution is 6.05. The molecule has 1 N–H and O–H groups in total. The smallest absolute Gasteiger partial charge is 0.337 e. The fourth-order valence-corrected chi connectivity index (χ4v) is 3.02. The standard InChI is InChI=1S/C20H22N2O3/c1-25-20(24)16-6-5-7-17(14-16)21-19(23)15-8-10-18(11-9-15)22-12-3-2-4-13-22/h5-11,14H,2-4,12-13H2,1H3,(H,21,23). The molecular weight excluding hydrogens is 316 g/mol. The van der Waals surface area contributed by atoms with Crippen LogP contribution in [0.4, 0.5) is 11.4 Å². The molecule has 1 aliphatic rings. The van der Waals surface area contributed by atoms with Crippen molar-refractivity contribution in [3.05, 3.63) is 59.7 Å². The Bertz CT molecular complexity index is 750. The van der Waals surface area contributed by atoms with Crippen LogP contribution in [0.2, 0.25) is 0 Å². The van der Waals surface area contributed by atoms with E-state index >= 15 is 0 Å². The second kappa shape index (κ2) is 7.83. The average Bonchev–Trinajstić information content (AvgIpc) is 2.68. The number of anilines is 2. The van der Waals surface area contributed by atoms with E-state index < -0.39 is 5.97 Å². The van der Waals surface area contributed by atoms with Crippen LogP contribution in [-0.4, -0.2) is 32.1 Å². The summed E-state index contributed by atoms with van der Waals surface area (Å²) in [6.45, 7) is 2.15. The van der Waals surface area contributed by atoms with Gasteiger partial charge >= 0.3 is 5.97 Å². The molecule has 3 rings (SSSR count). The second-order valence-electron chi connectivity index (χ2n) is 6.12. The number of amides is 1. The highest BCUT2D eigenvalue weighted by Crippen LogP contribution is 2.21. The molecule has 1 fully saturated rings. The van der Waals surface area contributed by atoms with Crippen LogP contribution in [0.1, 0.15) is 40.0 Å². The van der Waals surface area contributed by atoms with Gasteiger partial charge in [0.2, 0.25) is 0 Å². The lowest BCUT2D eigenvalue weighted by Gasteiger charge is -2.28. The number of hydrogen-bond acceptors (Lipinski definition) is 4. The van der Waals surface area contributed by atoms with Gasteiger partial charge in [0.05, 0.1) is 12.7 Å². The lowest BCUT2D eigenvalue weighted by atomic mass is 10.1. The average molecular weight is 338 g/mol. The Hall–Kier alpha value is -2.82. The Morgan fingerprint density at radius 2 is 1.68 bits per heavy atom. The van der Waals surface area contributed by atoms with Crippen LogP contribution in [0.5, 0.6) is 0 Å². The quantitative estimate of drug-likeness (QED) is 0.863. The molecule has 0 unspecified atom stereocenters. The summed E-state index contributed by atoms with van der Waals surface area (Å²) in [6, 6.07) is 14.4. The first kappa shape index (κ1) is 17.0. The SMILES string of the molecule is COC(=O)c1cccc(NC(=O)c2ccc(N3CCCCC3)cc2)c1. The normalized spacial score (nSPS) is 14.0. The highest BCUT2D eigenvalue weighted by Gasteiger charge is 2.13. The Kier molecular flexibility index (Phi) is 5.33. The molecule has 0 bridgehead atoms. The van der Waals surface area contributed by atoms with Crippen molar-refractivity contribution in [1.82, 2.24) is 0 Å². The van der Waals surface area contributed by atoms with Crippen molar-refractivity contribution in [3.63, 3.8) is 0 Å². The van der Waals surface area contributed by atoms with Gasteiger partial charge < -0.3 is 15.0 Å². The number of nitrogens with zero attached hydrogens (tertiary/aromatic N) is 1. The number of hydrogen-bond donors (Lipinski definition) is 1. The minimum atomic E-state index is -0.429. The van der Waals surface area contributed by atoms with E-state index in [0.29, 0.717) is 16.8 Å². The van der Waals surface area contributed by atoms with Gasteiger partial charge in [-0.25, -0.2) is 4.79 Å². The molecule has 1 aliphatic heterocycles. The summed E-state index contributed by atoms with van der Waals surface area (Å²) >= 11 is 0. The first-order valence-corrected chi connectivity index (χ1v) is 8.52. The second-order valence-corrected chi connectivity index (χ2v) is 6.12. The van der Waals surface area contributed by atoms with Gasteiger partial charge in [0, 0.05) is 30.0 Å². The van der Waals surface area contributed by atoms with Crippen molar-refractivity contribution in [2.75, 3.05) is 30.4 Å². The molecule has 2 aromatic carbocycles. The molecule has 1 saturated heterocycles. The van der Waals surface area contributed by atoms with Gasteiger partial charge in [-0.2, -0.15) is 0 Å². The maximum Gasteiger partial charge on any atom is 0.337 e. The lowest BCUT2D eigenvalue weighted by Crippen LogP contribution is -2.29. The number of carbonyl (C=O) groups excluding carboxylic acids is 2. The number of rotatable bonds is 4. The van der Waals surface area contributed by atoms with E-state index in [4.69, 9.17) is 4.74 Å². The number of ether oxygens (including phenoxy) is 1. The summed E-state index contributed by atoms with van der Waals surface area (Å²) in [5.74, 6) is -0.630. The van der Waals surface area contributed by atoms with Gasteiger partial charge in [0.1, 0.15) is 0 Å². The van der Waals surface area contributed by atoms with Crippen molar-refractivity contribution in [1.29, 1.82) is 0 Å². The van der Waals surface area contributed by atoms with E-state index in [-0.39, 0.29) is 5.91 Å². The van der Waals surface area contributed by atoms with Gasteiger partial charge in [0.25, 0.3) is 5.91 Å². The van der Waals surface area contributed by atoms with Gasteiger partial charge in [-0.15, -0.1) is 0 Å². The summed E-state index contributed by atoms with van der Waals surface area (Å²) < 4.78 is 4.70. The first-order chi connectivity index (χ1) is 12.2. The number of benzene rings is 2. The minimum Gasteiger partial charge on any atom is -0.465 e. The van der Waals surface area contributed by atoms with Crippen LogP contribution in [0.3, 0.4) is 0 Å². The lowest BCUT2D eigenvalue weighted by molar-refractivity contribution is 0.0600. The van der Waals surface area contributed by atoms with Crippen LogP contribution in [0.15, 0.2) is 48.5 Å². The zero-order chi connectivity index (χ0) is 17.6. The zero-order valence-electron chi connectivity index (χ0n) is 14.3. The van der Waals surface area contributed by atoms with E-state index in [1.54, 1.807) is 24.3 Å². The van der Waals surface area contributed by atoms with Crippen molar-refractivity contribution < 1.29 is 14.3 Å². The number of nitrogens with one attached hydrogen (secondary N) is 1. The maximum atomic E-state index is 12.4. The molecule has 0 radical (unpaired) electrons. The van der Waals surface area contributed by atoms with Crippen molar-refractivity contribution >= 4 is 23.3 Å². The fourth-order valence-electron chi connectivity index (χ4n) is 3.02. The van der Waals surface area contributed by atoms with E-state index in [2.05, 4.69) is 10.2 Å². The number of methoxy groups -OCH3 is 1. The van der Waals surface area contributed by atoms with Crippen molar-refractivity contribution in [3.8, 4) is 0 Å². The largest absolute Gasteiger partial charge is 0.465 e. The van der Waals surface area contributed by atoms with E-state index in [0.717, 1.165) is 18.8 Å². The minimum absolute atomic E-state index is 0.202. The molecule has 0 atom stereocenters. The third-order valence-corrected chi connectivity index (χ3v) is 4.39. The van der Waals surface area contributed by atoms with E-state index in [9.17, 15) is 9.59 Å². The predicted octanol–water partition coefficient (Wildman–Crippen LogP) is 3.72. The molecular formula is C20H22N2O3. The fraction of sp³-hybridized carbons (Fsp3) is 0.300. The summed E-state index contributed by atoms with van der Waals surface area (Å²) in [7, 11) is 1.33. The van der Waals surface area contributed by atoms with Gasteiger partial charge in [-0.1, -0.05) is 6.07 Å². The zero-order valence-corrected chi connectivity index (χ0v) is 14.3. The summed E-state index contributed by atoms with van der Waals surface area (Å²) in [4.78, 5) is 26.3. The van der Waals surface area contributed by atoms with Crippen LogP contribution < -0.4 is 10.2 Å². The van der Waals surface area contributed by atoms with E-state index in [1.807, 2.05) is 24.3 Å². The molecule has 2 aromatic rings. The first-order valence-electron chi connectivity index (χ1n) is 8.52. The monoisotopic (exact) mass is 338 g/mol.